The summed E-state index contributed by atoms with van der Waals surface area (Å²) < 4.78 is 6.71. The van der Waals surface area contributed by atoms with Crippen molar-refractivity contribution in [2.24, 2.45) is 5.73 Å². The van der Waals surface area contributed by atoms with E-state index in [1.807, 2.05) is 24.3 Å². The molecule has 0 heterocycles. The van der Waals surface area contributed by atoms with Crippen molar-refractivity contribution in [3.8, 4) is 0 Å². The zero-order chi connectivity index (χ0) is 10.4. The lowest BCUT2D eigenvalue weighted by atomic mass is 10.1. The molecule has 3 heteroatoms. The molecule has 0 aromatic heterocycles. The van der Waals surface area contributed by atoms with Gasteiger partial charge in [-0.3, -0.25) is 0 Å². The van der Waals surface area contributed by atoms with Crippen LogP contribution in [-0.4, -0.2) is 13.2 Å². The summed E-state index contributed by atoms with van der Waals surface area (Å²) in [6.07, 6.45) is 1.02. The van der Waals surface area contributed by atoms with Gasteiger partial charge in [-0.05, 0) is 18.1 Å². The molecule has 1 aromatic rings. The molecule has 0 aliphatic carbocycles. The van der Waals surface area contributed by atoms with Crippen LogP contribution in [0.15, 0.2) is 28.7 Å². The van der Waals surface area contributed by atoms with Crippen LogP contribution < -0.4 is 5.73 Å². The minimum Gasteiger partial charge on any atom is -0.372 e. The lowest BCUT2D eigenvalue weighted by Crippen LogP contribution is -2.16. The molecule has 78 valence electrons. The van der Waals surface area contributed by atoms with Gasteiger partial charge in [0.25, 0.3) is 0 Å². The monoisotopic (exact) mass is 257 g/mol. The maximum Gasteiger partial charge on any atom is 0.0957 e. The van der Waals surface area contributed by atoms with E-state index in [-0.39, 0.29) is 6.10 Å². The van der Waals surface area contributed by atoms with Gasteiger partial charge in [0.2, 0.25) is 0 Å². The van der Waals surface area contributed by atoms with Crippen LogP contribution >= 0.6 is 15.9 Å². The fourth-order valence-corrected chi connectivity index (χ4v) is 1.82. The first-order chi connectivity index (χ1) is 6.79. The summed E-state index contributed by atoms with van der Waals surface area (Å²) in [6.45, 7) is 3.36. The first kappa shape index (κ1) is 11.7. The largest absolute Gasteiger partial charge is 0.372 e. The third kappa shape index (κ3) is 3.08. The summed E-state index contributed by atoms with van der Waals surface area (Å²) in [7, 11) is 0. The second-order valence-electron chi connectivity index (χ2n) is 3.12. The van der Waals surface area contributed by atoms with Gasteiger partial charge in [0.1, 0.15) is 0 Å². The van der Waals surface area contributed by atoms with Gasteiger partial charge in [-0.15, -0.1) is 0 Å². The number of halogens is 1. The number of ether oxygens (including phenoxy) is 1. The van der Waals surface area contributed by atoms with E-state index in [0.29, 0.717) is 6.54 Å². The van der Waals surface area contributed by atoms with Gasteiger partial charge in [0, 0.05) is 17.6 Å². The van der Waals surface area contributed by atoms with Gasteiger partial charge in [0.05, 0.1) is 6.10 Å². The Hall–Kier alpha value is -0.380. The van der Waals surface area contributed by atoms with Crippen molar-refractivity contribution in [3.63, 3.8) is 0 Å². The highest BCUT2D eigenvalue weighted by atomic mass is 79.9. The molecule has 1 aromatic carbocycles. The third-order valence-electron chi connectivity index (χ3n) is 1.99. The van der Waals surface area contributed by atoms with Crippen molar-refractivity contribution in [2.45, 2.75) is 19.4 Å². The first-order valence-electron chi connectivity index (χ1n) is 4.85. The minimum absolute atomic E-state index is 0.00512. The molecule has 0 aliphatic heterocycles. The topological polar surface area (TPSA) is 35.2 Å². The molecule has 0 saturated carbocycles. The molecule has 1 atom stereocenters. The molecular formula is C11H16BrNO. The quantitative estimate of drug-likeness (QED) is 0.881. The minimum atomic E-state index is 0.00512. The molecule has 0 fully saturated rings. The van der Waals surface area contributed by atoms with Gasteiger partial charge in [0.15, 0.2) is 0 Å². The average Bonchev–Trinajstić information content (AvgIpc) is 2.21. The average molecular weight is 258 g/mol. The fourth-order valence-electron chi connectivity index (χ4n) is 1.28. The van der Waals surface area contributed by atoms with Crippen molar-refractivity contribution in [1.82, 2.24) is 0 Å². The van der Waals surface area contributed by atoms with Crippen LogP contribution in [0.1, 0.15) is 25.0 Å². The Bertz CT molecular complexity index is 278. The Morgan fingerprint density at radius 3 is 2.71 bits per heavy atom. The normalized spacial score (nSPS) is 12.8. The lowest BCUT2D eigenvalue weighted by Gasteiger charge is -2.17. The summed E-state index contributed by atoms with van der Waals surface area (Å²) in [5.74, 6) is 0. The standard InChI is InChI=1S/C11H16BrNO/c1-2-7-14-11(8-13)9-5-3-4-6-10(9)12/h3-6,11H,2,7-8,13H2,1H3. The second-order valence-corrected chi connectivity index (χ2v) is 3.97. The molecule has 0 bridgehead atoms. The molecule has 0 aliphatic rings. The summed E-state index contributed by atoms with van der Waals surface area (Å²) in [5.41, 5.74) is 6.80. The zero-order valence-electron chi connectivity index (χ0n) is 8.37. The van der Waals surface area contributed by atoms with Crippen molar-refractivity contribution in [2.75, 3.05) is 13.2 Å². The van der Waals surface area contributed by atoms with Crippen molar-refractivity contribution < 1.29 is 4.74 Å². The SMILES string of the molecule is CCCOC(CN)c1ccccc1Br. The lowest BCUT2D eigenvalue weighted by molar-refractivity contribution is 0.0586. The van der Waals surface area contributed by atoms with Crippen LogP contribution in [0.25, 0.3) is 0 Å². The van der Waals surface area contributed by atoms with E-state index in [2.05, 4.69) is 22.9 Å². The highest BCUT2D eigenvalue weighted by Gasteiger charge is 2.11. The Kier molecular flexibility index (Phi) is 5.15. The molecule has 2 N–H and O–H groups in total. The summed E-state index contributed by atoms with van der Waals surface area (Å²) in [4.78, 5) is 0. The summed E-state index contributed by atoms with van der Waals surface area (Å²) in [5, 5.41) is 0. The van der Waals surface area contributed by atoms with Crippen molar-refractivity contribution in [3.05, 3.63) is 34.3 Å². The third-order valence-corrected chi connectivity index (χ3v) is 2.71. The number of hydrogen-bond acceptors (Lipinski definition) is 2. The Morgan fingerprint density at radius 2 is 2.14 bits per heavy atom. The van der Waals surface area contributed by atoms with Gasteiger partial charge in [-0.1, -0.05) is 41.1 Å². The highest BCUT2D eigenvalue weighted by Crippen LogP contribution is 2.24. The van der Waals surface area contributed by atoms with Crippen molar-refractivity contribution in [1.29, 1.82) is 0 Å². The molecule has 14 heavy (non-hydrogen) atoms. The highest BCUT2D eigenvalue weighted by molar-refractivity contribution is 9.10. The molecule has 0 saturated heterocycles. The molecule has 0 radical (unpaired) electrons. The predicted molar refractivity (Wildman–Crippen MR) is 62.2 cm³/mol. The van der Waals surface area contributed by atoms with Crippen LogP contribution in [0.3, 0.4) is 0 Å². The van der Waals surface area contributed by atoms with Gasteiger partial charge in [-0.2, -0.15) is 0 Å². The number of benzene rings is 1. The van der Waals surface area contributed by atoms with Crippen LogP contribution in [0, 0.1) is 0 Å². The predicted octanol–water partition coefficient (Wildman–Crippen LogP) is 2.88. The number of hydrogen-bond donors (Lipinski definition) is 1. The van der Waals surface area contributed by atoms with Crippen LogP contribution in [0.2, 0.25) is 0 Å². The number of nitrogens with two attached hydrogens (primary N) is 1. The molecule has 1 unspecified atom stereocenters. The fraction of sp³-hybridized carbons (Fsp3) is 0.455. The number of rotatable bonds is 5. The molecule has 1 rings (SSSR count). The van der Waals surface area contributed by atoms with Gasteiger partial charge < -0.3 is 10.5 Å². The Labute approximate surface area is 93.6 Å². The molecule has 2 nitrogen and oxygen atoms in total. The molecule has 0 spiro atoms. The maximum absolute atomic E-state index is 5.67. The van der Waals surface area contributed by atoms with E-state index in [1.54, 1.807) is 0 Å². The van der Waals surface area contributed by atoms with E-state index in [9.17, 15) is 0 Å². The first-order valence-corrected chi connectivity index (χ1v) is 5.65. The second kappa shape index (κ2) is 6.17. The zero-order valence-corrected chi connectivity index (χ0v) is 9.96. The van der Waals surface area contributed by atoms with Crippen LogP contribution in [0.4, 0.5) is 0 Å². The van der Waals surface area contributed by atoms with Gasteiger partial charge in [-0.25, -0.2) is 0 Å². The van der Waals surface area contributed by atoms with E-state index in [4.69, 9.17) is 10.5 Å². The van der Waals surface area contributed by atoms with Crippen LogP contribution in [-0.2, 0) is 4.74 Å². The van der Waals surface area contributed by atoms with E-state index < -0.39 is 0 Å². The van der Waals surface area contributed by atoms with E-state index in [0.717, 1.165) is 23.1 Å². The van der Waals surface area contributed by atoms with Crippen LogP contribution in [0.5, 0.6) is 0 Å². The molecular weight excluding hydrogens is 242 g/mol. The smallest absolute Gasteiger partial charge is 0.0957 e. The van der Waals surface area contributed by atoms with Gasteiger partial charge >= 0.3 is 0 Å². The summed E-state index contributed by atoms with van der Waals surface area (Å²) in [6, 6.07) is 8.03. The Balaban J connectivity index is 2.73. The summed E-state index contributed by atoms with van der Waals surface area (Å²) >= 11 is 3.49. The van der Waals surface area contributed by atoms with E-state index in [1.165, 1.54) is 0 Å². The van der Waals surface area contributed by atoms with Crippen molar-refractivity contribution >= 4 is 15.9 Å². The Morgan fingerprint density at radius 1 is 1.43 bits per heavy atom. The van der Waals surface area contributed by atoms with E-state index >= 15 is 0 Å². The maximum atomic E-state index is 5.67. The molecule has 0 amide bonds.